The van der Waals surface area contributed by atoms with Crippen molar-refractivity contribution < 1.29 is 22.7 Å². The molecule has 1 aliphatic rings. The molecule has 0 unspecified atom stereocenters. The van der Waals surface area contributed by atoms with Gasteiger partial charge in [-0.1, -0.05) is 29.8 Å². The van der Waals surface area contributed by atoms with E-state index >= 15 is 0 Å². The number of aryl methyl sites for hydroxylation is 1. The number of carbonyl (C=O) groups is 2. The van der Waals surface area contributed by atoms with E-state index in [1.165, 1.54) is 0 Å². The molecule has 0 radical (unpaired) electrons. The smallest absolute Gasteiger partial charge is 0.408 e. The minimum absolute atomic E-state index is 0.507. The van der Waals surface area contributed by atoms with Gasteiger partial charge in [0.2, 0.25) is 0 Å². The fourth-order valence-corrected chi connectivity index (χ4v) is 4.77. The standard InChI is InChI=1S/C17H23NO5S/c1-11-6-8-12(9-7-11)13-14(24(5,21)22)17(13,10-19)18-15(20)23-16(2,3)4/h6-10,13-14H,1-5H3,(H,18,20)/t13-,14+,17-/m1/s1. The van der Waals surface area contributed by atoms with Crippen molar-refractivity contribution in [1.29, 1.82) is 0 Å². The van der Waals surface area contributed by atoms with Gasteiger partial charge in [0.05, 0.1) is 0 Å². The maximum atomic E-state index is 12.1. The Morgan fingerprint density at radius 3 is 2.21 bits per heavy atom. The highest BCUT2D eigenvalue weighted by Gasteiger charge is 2.71. The van der Waals surface area contributed by atoms with E-state index in [0.717, 1.165) is 11.8 Å². The zero-order valence-corrected chi connectivity index (χ0v) is 15.3. The summed E-state index contributed by atoms with van der Waals surface area (Å²) >= 11 is 0. The van der Waals surface area contributed by atoms with E-state index in [-0.39, 0.29) is 0 Å². The molecular weight excluding hydrogens is 330 g/mol. The number of amides is 1. The van der Waals surface area contributed by atoms with E-state index in [0.29, 0.717) is 11.8 Å². The van der Waals surface area contributed by atoms with Gasteiger partial charge in [0.15, 0.2) is 9.84 Å². The highest BCUT2D eigenvalue weighted by atomic mass is 32.2. The highest BCUT2D eigenvalue weighted by Crippen LogP contribution is 2.54. The zero-order valence-electron chi connectivity index (χ0n) is 14.5. The molecule has 0 aromatic heterocycles. The van der Waals surface area contributed by atoms with Gasteiger partial charge in [0, 0.05) is 12.2 Å². The molecular formula is C17H23NO5S. The monoisotopic (exact) mass is 353 g/mol. The first kappa shape index (κ1) is 18.4. The Hall–Kier alpha value is -1.89. The van der Waals surface area contributed by atoms with Crippen molar-refractivity contribution in [2.75, 3.05) is 6.26 Å². The van der Waals surface area contributed by atoms with Gasteiger partial charge in [-0.05, 0) is 33.3 Å². The number of benzene rings is 1. The maximum Gasteiger partial charge on any atom is 0.408 e. The quantitative estimate of drug-likeness (QED) is 0.836. The SMILES string of the molecule is Cc1ccc([C@@H]2[C@H](S(C)(=O)=O)[C@]2(C=O)NC(=O)OC(C)(C)C)cc1. The molecule has 0 saturated heterocycles. The Balaban J connectivity index is 2.36. The van der Waals surface area contributed by atoms with Crippen LogP contribution in [-0.4, -0.2) is 43.4 Å². The van der Waals surface area contributed by atoms with E-state index < -0.39 is 38.2 Å². The van der Waals surface area contributed by atoms with Crippen LogP contribution in [0.3, 0.4) is 0 Å². The molecule has 6 nitrogen and oxygen atoms in total. The average Bonchev–Trinajstić information content (AvgIpc) is 3.06. The first-order chi connectivity index (χ1) is 10.9. The number of rotatable bonds is 4. The van der Waals surface area contributed by atoms with Crippen LogP contribution < -0.4 is 5.32 Å². The third-order valence-corrected chi connectivity index (χ3v) is 5.57. The van der Waals surface area contributed by atoms with Crippen molar-refractivity contribution in [2.45, 2.75) is 50.0 Å². The molecule has 1 aromatic rings. The summed E-state index contributed by atoms with van der Waals surface area (Å²) in [4.78, 5) is 23.9. The number of nitrogens with one attached hydrogen (secondary N) is 1. The third kappa shape index (κ3) is 3.61. The summed E-state index contributed by atoms with van der Waals surface area (Å²) in [6.45, 7) is 6.99. The molecule has 0 heterocycles. The van der Waals surface area contributed by atoms with Crippen molar-refractivity contribution in [3.8, 4) is 0 Å². The number of alkyl carbamates (subject to hydrolysis) is 1. The largest absolute Gasteiger partial charge is 0.444 e. The molecule has 1 N–H and O–H groups in total. The van der Waals surface area contributed by atoms with Crippen molar-refractivity contribution in [3.63, 3.8) is 0 Å². The Kier molecular flexibility index (Phi) is 4.52. The van der Waals surface area contributed by atoms with Crippen LogP contribution in [0.15, 0.2) is 24.3 Å². The first-order valence-electron chi connectivity index (χ1n) is 7.63. The second-order valence-electron chi connectivity index (χ2n) is 7.32. The second-order valence-corrected chi connectivity index (χ2v) is 9.48. The summed E-state index contributed by atoms with van der Waals surface area (Å²) in [7, 11) is -3.55. The van der Waals surface area contributed by atoms with Crippen LogP contribution in [0.25, 0.3) is 0 Å². The molecule has 1 fully saturated rings. The van der Waals surface area contributed by atoms with Gasteiger partial charge in [0.1, 0.15) is 22.7 Å². The van der Waals surface area contributed by atoms with Crippen LogP contribution in [0.4, 0.5) is 4.79 Å². The summed E-state index contributed by atoms with van der Waals surface area (Å²) in [5, 5.41) is 1.48. The lowest BCUT2D eigenvalue weighted by Crippen LogP contribution is -2.45. The number of aldehydes is 1. The second kappa shape index (κ2) is 5.88. The van der Waals surface area contributed by atoms with E-state index in [1.54, 1.807) is 32.9 Å². The molecule has 0 aliphatic heterocycles. The molecule has 3 atom stereocenters. The zero-order chi connectivity index (χ0) is 18.3. The van der Waals surface area contributed by atoms with Gasteiger partial charge in [0.25, 0.3) is 0 Å². The summed E-state index contributed by atoms with van der Waals surface area (Å²) in [6, 6.07) is 7.24. The first-order valence-corrected chi connectivity index (χ1v) is 9.59. The predicted octanol–water partition coefficient (Wildman–Crippen LogP) is 1.97. The molecule has 1 aromatic carbocycles. The minimum Gasteiger partial charge on any atom is -0.444 e. The van der Waals surface area contributed by atoms with Crippen LogP contribution in [-0.2, 0) is 19.4 Å². The van der Waals surface area contributed by atoms with E-state index in [2.05, 4.69) is 5.32 Å². The topological polar surface area (TPSA) is 89.5 Å². The van der Waals surface area contributed by atoms with Crippen molar-refractivity contribution >= 4 is 22.2 Å². The van der Waals surface area contributed by atoms with Crippen LogP contribution in [0.5, 0.6) is 0 Å². The molecule has 132 valence electrons. The van der Waals surface area contributed by atoms with Gasteiger partial charge in [-0.25, -0.2) is 13.2 Å². The Morgan fingerprint density at radius 2 is 1.79 bits per heavy atom. The molecule has 24 heavy (non-hydrogen) atoms. The molecule has 1 amide bonds. The number of hydrogen-bond donors (Lipinski definition) is 1. The van der Waals surface area contributed by atoms with E-state index in [1.807, 2.05) is 19.1 Å². The lowest BCUT2D eigenvalue weighted by atomic mass is 10.1. The van der Waals surface area contributed by atoms with Gasteiger partial charge in [-0.3, -0.25) is 0 Å². The number of carbonyl (C=O) groups excluding carboxylic acids is 2. The van der Waals surface area contributed by atoms with Crippen LogP contribution in [0, 0.1) is 6.92 Å². The summed E-state index contributed by atoms with van der Waals surface area (Å²) in [5.74, 6) is -0.627. The number of sulfone groups is 1. The Bertz CT molecular complexity index is 748. The van der Waals surface area contributed by atoms with Crippen LogP contribution in [0.1, 0.15) is 37.8 Å². The molecule has 0 bridgehead atoms. The molecule has 0 spiro atoms. The fraction of sp³-hybridized carbons (Fsp3) is 0.529. The lowest BCUT2D eigenvalue weighted by molar-refractivity contribution is -0.110. The Morgan fingerprint density at radius 1 is 1.25 bits per heavy atom. The molecule has 7 heteroatoms. The van der Waals surface area contributed by atoms with Gasteiger partial charge < -0.3 is 14.8 Å². The highest BCUT2D eigenvalue weighted by molar-refractivity contribution is 7.91. The summed E-state index contributed by atoms with van der Waals surface area (Å²) in [5.41, 5.74) is -0.528. The molecule has 1 saturated carbocycles. The van der Waals surface area contributed by atoms with Gasteiger partial charge in [-0.2, -0.15) is 0 Å². The van der Waals surface area contributed by atoms with Gasteiger partial charge in [-0.15, -0.1) is 0 Å². The van der Waals surface area contributed by atoms with Crippen LogP contribution >= 0.6 is 0 Å². The maximum absolute atomic E-state index is 12.1. The molecule has 1 aliphatic carbocycles. The van der Waals surface area contributed by atoms with Crippen molar-refractivity contribution in [3.05, 3.63) is 35.4 Å². The Labute approximate surface area is 142 Å². The number of ether oxygens (including phenoxy) is 1. The fourth-order valence-electron chi connectivity index (χ4n) is 3.00. The van der Waals surface area contributed by atoms with E-state index in [4.69, 9.17) is 4.74 Å². The summed E-state index contributed by atoms with van der Waals surface area (Å²) < 4.78 is 29.4. The number of hydrogen-bond acceptors (Lipinski definition) is 5. The summed E-state index contributed by atoms with van der Waals surface area (Å²) in [6.07, 6.45) is 0.770. The normalized spacial score (nSPS) is 26.5. The predicted molar refractivity (Wildman–Crippen MR) is 90.7 cm³/mol. The van der Waals surface area contributed by atoms with Crippen molar-refractivity contribution in [1.82, 2.24) is 5.32 Å². The minimum atomic E-state index is -3.55. The van der Waals surface area contributed by atoms with E-state index in [9.17, 15) is 18.0 Å². The molecule has 2 rings (SSSR count). The third-order valence-electron chi connectivity index (χ3n) is 3.99. The van der Waals surface area contributed by atoms with Crippen molar-refractivity contribution in [2.24, 2.45) is 0 Å². The lowest BCUT2D eigenvalue weighted by Gasteiger charge is -2.22. The van der Waals surface area contributed by atoms with Crippen LogP contribution in [0.2, 0.25) is 0 Å². The average molecular weight is 353 g/mol. The van der Waals surface area contributed by atoms with Gasteiger partial charge >= 0.3 is 6.09 Å².